The van der Waals surface area contributed by atoms with Gasteiger partial charge in [-0.15, -0.1) is 0 Å². The normalized spacial score (nSPS) is 13.6. The van der Waals surface area contributed by atoms with Crippen LogP contribution in [0.1, 0.15) is 27.7 Å². The Morgan fingerprint density at radius 1 is 0.213 bits per heavy atom. The van der Waals surface area contributed by atoms with Crippen molar-refractivity contribution in [2.24, 2.45) is 0 Å². The van der Waals surface area contributed by atoms with Gasteiger partial charge in [-0.25, -0.2) is 0 Å². The lowest BCUT2D eigenvalue weighted by Gasteiger charge is -2.32. The van der Waals surface area contributed by atoms with Crippen LogP contribution in [0.4, 0.5) is 0 Å². The third-order valence-electron chi connectivity index (χ3n) is 18.5. The molecular formula is C84H61BBr2O2. The van der Waals surface area contributed by atoms with E-state index >= 15 is 0 Å². The summed E-state index contributed by atoms with van der Waals surface area (Å²) in [5.41, 5.74) is 10.2. The summed E-state index contributed by atoms with van der Waals surface area (Å²) in [7, 11) is -0.343. The molecule has 17 rings (SSSR count). The summed E-state index contributed by atoms with van der Waals surface area (Å²) in [5, 5.41) is 23.3. The van der Waals surface area contributed by atoms with Gasteiger partial charge < -0.3 is 9.31 Å². The predicted molar refractivity (Wildman–Crippen MR) is 390 cm³/mol. The molecule has 0 N–H and O–H groups in total. The van der Waals surface area contributed by atoms with Gasteiger partial charge in [-0.2, -0.15) is 0 Å². The molecule has 0 bridgehead atoms. The van der Waals surface area contributed by atoms with Crippen LogP contribution in [0.2, 0.25) is 0 Å². The standard InChI is InChI=1S/C48H30.C24H23BO2.C12H8Br2/c1-3-19-41-37(15-1)39-17-5-7-21-43(39)47-29-35(23-25-45(41)47)33-13-9-11-31(27-33)32-12-10-14-34(28-32)36-24-26-46-42-20-4-2-16-38(42)40-18-6-8-22-44(40)48(46)30-36;1-23(2)24(3,4)27-25(26-23)16-13-14-21-19-11-6-5-9-17(19)18-10-7-8-12-20(18)22(21)15-16;13-11-5-1-3-9(7-11)10-4-2-6-12(14)8-10/h1-30H;5-15H,1-4H3;1-8H. The zero-order valence-corrected chi connectivity index (χ0v) is 53.1. The number of hydrogen-bond acceptors (Lipinski definition) is 2. The predicted octanol–water partition coefficient (Wildman–Crippen LogP) is 23.9. The van der Waals surface area contributed by atoms with Crippen molar-refractivity contribution >= 4 is 141 Å². The summed E-state index contributed by atoms with van der Waals surface area (Å²) >= 11 is 6.93. The molecule has 0 aromatic heterocycles. The maximum atomic E-state index is 6.28. The Bertz CT molecular complexity index is 5090. The first-order valence-corrected chi connectivity index (χ1v) is 32.1. The lowest BCUT2D eigenvalue weighted by Crippen LogP contribution is -2.41. The number of hydrogen-bond donors (Lipinski definition) is 0. The summed E-state index contributed by atoms with van der Waals surface area (Å²) in [6.07, 6.45) is 0. The largest absolute Gasteiger partial charge is 0.494 e. The van der Waals surface area contributed by atoms with Gasteiger partial charge in [0, 0.05) is 8.95 Å². The minimum Gasteiger partial charge on any atom is -0.399 e. The molecule has 1 heterocycles. The summed E-state index contributed by atoms with van der Waals surface area (Å²) in [6, 6.07) is 107. The van der Waals surface area contributed by atoms with Gasteiger partial charge in [0.2, 0.25) is 0 Å². The van der Waals surface area contributed by atoms with Crippen molar-refractivity contribution in [2.45, 2.75) is 38.9 Å². The first-order valence-electron chi connectivity index (χ1n) is 30.5. The van der Waals surface area contributed by atoms with Crippen LogP contribution >= 0.6 is 31.9 Å². The quantitative estimate of drug-likeness (QED) is 0.126. The molecule has 89 heavy (non-hydrogen) atoms. The first kappa shape index (κ1) is 56.3. The van der Waals surface area contributed by atoms with Crippen molar-refractivity contribution < 1.29 is 9.31 Å². The van der Waals surface area contributed by atoms with E-state index in [2.05, 4.69) is 333 Å². The summed E-state index contributed by atoms with van der Waals surface area (Å²) in [4.78, 5) is 0. The number of benzene rings is 16. The fraction of sp³-hybridized carbons (Fsp3) is 0.0714. The molecule has 16 aromatic rings. The Labute approximate surface area is 536 Å². The van der Waals surface area contributed by atoms with E-state index in [1.165, 1.54) is 141 Å². The highest BCUT2D eigenvalue weighted by molar-refractivity contribution is 9.10. The van der Waals surface area contributed by atoms with E-state index in [0.717, 1.165) is 14.4 Å². The van der Waals surface area contributed by atoms with Crippen LogP contribution in [0, 0.1) is 0 Å². The molecule has 5 heteroatoms. The average molecular weight is 1270 g/mol. The van der Waals surface area contributed by atoms with Crippen LogP contribution in [0.15, 0.2) is 306 Å². The molecule has 1 aliphatic heterocycles. The number of halogens is 2. The molecular weight excluding hydrogens is 1210 g/mol. The van der Waals surface area contributed by atoms with Crippen LogP contribution in [0.25, 0.3) is 141 Å². The van der Waals surface area contributed by atoms with Crippen LogP contribution in [-0.2, 0) is 9.31 Å². The molecule has 0 atom stereocenters. The highest BCUT2D eigenvalue weighted by atomic mass is 79.9. The molecule has 0 unspecified atom stereocenters. The van der Waals surface area contributed by atoms with Crippen molar-refractivity contribution in [3.63, 3.8) is 0 Å². The van der Waals surface area contributed by atoms with Gasteiger partial charge in [0.05, 0.1) is 11.2 Å². The Kier molecular flexibility index (Phi) is 14.6. The zero-order chi connectivity index (χ0) is 60.4. The van der Waals surface area contributed by atoms with E-state index in [-0.39, 0.29) is 18.3 Å². The SMILES string of the molecule is Brc1cccc(-c2cccc(Br)c2)c1.CC1(C)OB(c2ccc3c4ccccc4c4ccccc4c3c2)OC1(C)C.c1cc(-c2cccc(-c3ccc4c5ccccc5c5ccccc5c4c3)c2)cc(-c2ccc3c4ccccc4c4ccccc4c3c2)c1. The summed E-state index contributed by atoms with van der Waals surface area (Å²) < 4.78 is 14.8. The number of rotatable bonds is 5. The van der Waals surface area contributed by atoms with Crippen molar-refractivity contribution in [3.05, 3.63) is 306 Å². The molecule has 16 aromatic carbocycles. The molecule has 426 valence electrons. The van der Waals surface area contributed by atoms with Crippen LogP contribution in [0.5, 0.6) is 0 Å². The second kappa shape index (κ2) is 23.1. The Morgan fingerprint density at radius 3 is 0.730 bits per heavy atom. The molecule has 0 saturated carbocycles. The fourth-order valence-electron chi connectivity index (χ4n) is 13.3. The van der Waals surface area contributed by atoms with Gasteiger partial charge in [0.15, 0.2) is 0 Å². The van der Waals surface area contributed by atoms with E-state index in [4.69, 9.17) is 9.31 Å². The smallest absolute Gasteiger partial charge is 0.399 e. The van der Waals surface area contributed by atoms with Crippen molar-refractivity contribution in [3.8, 4) is 44.5 Å². The molecule has 1 aliphatic rings. The topological polar surface area (TPSA) is 18.5 Å². The van der Waals surface area contributed by atoms with E-state index in [1.807, 2.05) is 24.3 Å². The Balaban J connectivity index is 0.000000135. The minimum atomic E-state index is -0.343. The van der Waals surface area contributed by atoms with Crippen LogP contribution in [0.3, 0.4) is 0 Å². The van der Waals surface area contributed by atoms with Gasteiger partial charge in [-0.05, 0) is 223 Å². The van der Waals surface area contributed by atoms with Gasteiger partial charge in [0.1, 0.15) is 0 Å². The van der Waals surface area contributed by atoms with Crippen LogP contribution in [-0.4, -0.2) is 18.3 Å². The molecule has 1 fully saturated rings. The third kappa shape index (κ3) is 10.5. The van der Waals surface area contributed by atoms with Gasteiger partial charge in [-0.1, -0.05) is 281 Å². The van der Waals surface area contributed by atoms with Gasteiger partial charge in [0.25, 0.3) is 0 Å². The monoisotopic (exact) mass is 1270 g/mol. The molecule has 0 spiro atoms. The van der Waals surface area contributed by atoms with E-state index in [0.29, 0.717) is 0 Å². The van der Waals surface area contributed by atoms with Crippen molar-refractivity contribution in [1.82, 2.24) is 0 Å². The van der Waals surface area contributed by atoms with Crippen molar-refractivity contribution in [2.75, 3.05) is 0 Å². The second-order valence-corrected chi connectivity index (χ2v) is 26.2. The lowest BCUT2D eigenvalue weighted by atomic mass is 9.77. The Morgan fingerprint density at radius 2 is 0.438 bits per heavy atom. The van der Waals surface area contributed by atoms with E-state index in [1.54, 1.807) is 0 Å². The number of fused-ring (bicyclic) bond motifs is 18. The van der Waals surface area contributed by atoms with E-state index in [9.17, 15) is 0 Å². The molecule has 1 saturated heterocycles. The third-order valence-corrected chi connectivity index (χ3v) is 19.5. The van der Waals surface area contributed by atoms with Crippen LogP contribution < -0.4 is 5.46 Å². The van der Waals surface area contributed by atoms with Gasteiger partial charge in [-0.3, -0.25) is 0 Å². The average Bonchev–Trinajstić information content (AvgIpc) is 1.08. The second-order valence-electron chi connectivity index (χ2n) is 24.4. The zero-order valence-electron chi connectivity index (χ0n) is 49.9. The maximum Gasteiger partial charge on any atom is 0.494 e. The Hall–Kier alpha value is -9.20. The molecule has 0 radical (unpaired) electrons. The summed E-state index contributed by atoms with van der Waals surface area (Å²) in [6.45, 7) is 8.38. The fourth-order valence-corrected chi connectivity index (χ4v) is 14.1. The first-order chi connectivity index (χ1) is 43.4. The highest BCUT2D eigenvalue weighted by Crippen LogP contribution is 2.42. The van der Waals surface area contributed by atoms with Gasteiger partial charge >= 0.3 is 7.12 Å². The minimum absolute atomic E-state index is 0.335. The van der Waals surface area contributed by atoms with Crippen molar-refractivity contribution in [1.29, 1.82) is 0 Å². The lowest BCUT2D eigenvalue weighted by molar-refractivity contribution is 0.00578. The van der Waals surface area contributed by atoms with E-state index < -0.39 is 0 Å². The maximum absolute atomic E-state index is 6.28. The molecule has 0 amide bonds. The highest BCUT2D eigenvalue weighted by Gasteiger charge is 2.51. The molecule has 0 aliphatic carbocycles. The molecule has 2 nitrogen and oxygen atoms in total. The summed E-state index contributed by atoms with van der Waals surface area (Å²) in [5.74, 6) is 0.